The van der Waals surface area contributed by atoms with E-state index in [4.69, 9.17) is 18.9 Å². The second-order valence-corrected chi connectivity index (χ2v) is 11.4. The molecule has 232 valence electrons. The van der Waals surface area contributed by atoms with Gasteiger partial charge in [-0.05, 0) is 44.4 Å². The van der Waals surface area contributed by atoms with Crippen molar-refractivity contribution in [2.75, 3.05) is 20.8 Å². The smallest absolute Gasteiger partial charge is 0.306 e. The number of esters is 2. The highest BCUT2D eigenvalue weighted by Gasteiger charge is 2.33. The molecule has 0 spiro atoms. The van der Waals surface area contributed by atoms with Crippen LogP contribution < -0.4 is 0 Å². The van der Waals surface area contributed by atoms with Crippen LogP contribution in [0, 0.1) is 17.8 Å². The molecule has 7 atom stereocenters. The molecule has 1 unspecified atom stereocenters. The number of amides is 1. The van der Waals surface area contributed by atoms with Crippen LogP contribution in [0.1, 0.15) is 112 Å². The fourth-order valence-electron chi connectivity index (χ4n) is 5.56. The minimum atomic E-state index is -0.319. The zero-order chi connectivity index (χ0) is 30.1. The Hall–Kier alpha value is -1.93. The van der Waals surface area contributed by atoms with Crippen LogP contribution >= 0.6 is 0 Å². The molecule has 0 saturated carbocycles. The Bertz CT molecular complexity index is 770. The fraction of sp³-hybridized carbons (Fsp3) is 0.844. The van der Waals surface area contributed by atoms with Crippen molar-refractivity contribution in [3.8, 4) is 0 Å². The monoisotopic (exact) mass is 567 g/mol. The highest BCUT2D eigenvalue weighted by atomic mass is 16.6. The van der Waals surface area contributed by atoms with Gasteiger partial charge in [0.15, 0.2) is 0 Å². The van der Waals surface area contributed by atoms with Crippen molar-refractivity contribution in [1.82, 2.24) is 4.90 Å². The molecule has 1 rings (SSSR count). The molecule has 1 aliphatic rings. The van der Waals surface area contributed by atoms with Crippen LogP contribution in [0.5, 0.6) is 0 Å². The first-order valence-electron chi connectivity index (χ1n) is 15.5. The zero-order valence-corrected chi connectivity index (χ0v) is 26.5. The fourth-order valence-corrected chi connectivity index (χ4v) is 5.56. The predicted molar refractivity (Wildman–Crippen MR) is 158 cm³/mol. The maximum Gasteiger partial charge on any atom is 0.306 e. The number of methoxy groups -OCH3 is 2. The number of ether oxygens (including phenoxy) is 4. The molecule has 0 aromatic rings. The van der Waals surface area contributed by atoms with Crippen LogP contribution in [0.25, 0.3) is 0 Å². The van der Waals surface area contributed by atoms with E-state index in [9.17, 15) is 14.4 Å². The third-order valence-electron chi connectivity index (χ3n) is 8.10. The molecule has 0 aliphatic carbocycles. The van der Waals surface area contributed by atoms with Crippen molar-refractivity contribution in [2.45, 2.75) is 137 Å². The van der Waals surface area contributed by atoms with Gasteiger partial charge in [0.2, 0.25) is 5.91 Å². The van der Waals surface area contributed by atoms with E-state index in [1.54, 1.807) is 26.0 Å². The Labute approximate surface area is 243 Å². The number of carbonyl (C=O) groups is 3. The first kappa shape index (κ1) is 36.1. The summed E-state index contributed by atoms with van der Waals surface area (Å²) in [5, 5.41) is 0. The highest BCUT2D eigenvalue weighted by molar-refractivity contribution is 5.77. The van der Waals surface area contributed by atoms with Gasteiger partial charge in [-0.1, -0.05) is 54.0 Å². The van der Waals surface area contributed by atoms with Gasteiger partial charge in [0.1, 0.15) is 12.2 Å². The maximum absolute atomic E-state index is 12.6. The second-order valence-electron chi connectivity index (χ2n) is 11.4. The summed E-state index contributed by atoms with van der Waals surface area (Å²) in [7, 11) is 3.40. The summed E-state index contributed by atoms with van der Waals surface area (Å²) in [6.45, 7) is 12.9. The lowest BCUT2D eigenvalue weighted by atomic mass is 9.84. The molecule has 0 aromatic heterocycles. The van der Waals surface area contributed by atoms with Crippen molar-refractivity contribution >= 4 is 17.8 Å². The van der Waals surface area contributed by atoms with Crippen LogP contribution in [0.2, 0.25) is 0 Å². The molecule has 0 bridgehead atoms. The van der Waals surface area contributed by atoms with Gasteiger partial charge in [0.25, 0.3) is 0 Å². The molecule has 1 heterocycles. The lowest BCUT2D eigenvalue weighted by Gasteiger charge is -2.34. The largest absolute Gasteiger partial charge is 0.462 e. The summed E-state index contributed by atoms with van der Waals surface area (Å²) < 4.78 is 23.5. The van der Waals surface area contributed by atoms with Gasteiger partial charge in [-0.2, -0.15) is 0 Å². The molecule has 0 N–H and O–H groups in total. The quantitative estimate of drug-likeness (QED) is 0.156. The summed E-state index contributed by atoms with van der Waals surface area (Å²) in [4.78, 5) is 38.6. The van der Waals surface area contributed by atoms with Gasteiger partial charge in [-0.3, -0.25) is 14.4 Å². The normalized spacial score (nSPS) is 19.5. The molecule has 1 saturated heterocycles. The minimum Gasteiger partial charge on any atom is -0.462 e. The molecular weight excluding hydrogens is 510 g/mol. The van der Waals surface area contributed by atoms with Crippen LogP contribution in [0.15, 0.2) is 12.3 Å². The lowest BCUT2D eigenvalue weighted by Crippen LogP contribution is -2.39. The lowest BCUT2D eigenvalue weighted by molar-refractivity contribution is -0.156. The number of nitrogens with zero attached hydrogens (tertiary/aromatic N) is 1. The number of likely N-dealkylation sites (tertiary alicyclic amines) is 1. The number of hydrogen-bond donors (Lipinski definition) is 0. The van der Waals surface area contributed by atoms with Gasteiger partial charge < -0.3 is 23.8 Å². The molecule has 1 fully saturated rings. The van der Waals surface area contributed by atoms with E-state index in [1.807, 2.05) is 19.2 Å². The van der Waals surface area contributed by atoms with Gasteiger partial charge in [-0.25, -0.2) is 0 Å². The molecule has 1 aliphatic heterocycles. The van der Waals surface area contributed by atoms with Gasteiger partial charge in [-0.15, -0.1) is 0 Å². The third kappa shape index (κ3) is 12.7. The molecule has 0 radical (unpaired) electrons. The summed E-state index contributed by atoms with van der Waals surface area (Å²) in [5.74, 6) is -0.0793. The molecule has 0 aromatic carbocycles. The van der Waals surface area contributed by atoms with E-state index in [0.717, 1.165) is 45.1 Å². The van der Waals surface area contributed by atoms with Gasteiger partial charge in [0, 0.05) is 64.5 Å². The Morgan fingerprint density at radius 1 is 0.900 bits per heavy atom. The van der Waals surface area contributed by atoms with Gasteiger partial charge in [0.05, 0.1) is 12.2 Å². The number of hydrogen-bond acceptors (Lipinski definition) is 7. The van der Waals surface area contributed by atoms with Crippen molar-refractivity contribution in [1.29, 1.82) is 0 Å². The third-order valence-corrected chi connectivity index (χ3v) is 8.10. The maximum atomic E-state index is 12.6. The van der Waals surface area contributed by atoms with E-state index in [-0.39, 0.29) is 60.0 Å². The molecule has 1 amide bonds. The standard InChI is InChI=1S/C32H57NO7/c1-9-14-26(39-30(35)11-3)22-28(37-7)23(4)17-18-27(40-31(36)15-10-2)25(6)32(38-8)24(5)19-21-33-20-13-12-16-29(33)34/h19,21,23-28,32H,9-18,20,22H2,1-8H3/b21-19+/t23?,24-,25+,26-,27-,28+,32-/m1/s1. The Kier molecular flexibility index (Phi) is 18.1. The van der Waals surface area contributed by atoms with E-state index in [0.29, 0.717) is 32.1 Å². The zero-order valence-electron chi connectivity index (χ0n) is 26.5. The van der Waals surface area contributed by atoms with E-state index in [2.05, 4.69) is 27.7 Å². The van der Waals surface area contributed by atoms with E-state index >= 15 is 0 Å². The summed E-state index contributed by atoms with van der Waals surface area (Å²) in [6, 6.07) is 0. The van der Waals surface area contributed by atoms with Gasteiger partial charge >= 0.3 is 11.9 Å². The van der Waals surface area contributed by atoms with Crippen molar-refractivity contribution in [2.24, 2.45) is 17.8 Å². The number of carbonyl (C=O) groups excluding carboxylic acids is 3. The van der Waals surface area contributed by atoms with Crippen LogP contribution in [-0.4, -0.2) is 67.9 Å². The van der Waals surface area contributed by atoms with Crippen LogP contribution in [0.3, 0.4) is 0 Å². The summed E-state index contributed by atoms with van der Waals surface area (Å²) in [5.41, 5.74) is 0. The molecular formula is C32H57NO7. The van der Waals surface area contributed by atoms with Crippen LogP contribution in [0.4, 0.5) is 0 Å². The average molecular weight is 568 g/mol. The van der Waals surface area contributed by atoms with Crippen molar-refractivity contribution < 1.29 is 33.3 Å². The minimum absolute atomic E-state index is 0.0225. The van der Waals surface area contributed by atoms with E-state index in [1.165, 1.54) is 0 Å². The predicted octanol–water partition coefficient (Wildman–Crippen LogP) is 6.46. The highest BCUT2D eigenvalue weighted by Crippen LogP contribution is 2.29. The van der Waals surface area contributed by atoms with Crippen molar-refractivity contribution in [3.63, 3.8) is 0 Å². The van der Waals surface area contributed by atoms with Crippen molar-refractivity contribution in [3.05, 3.63) is 12.3 Å². The number of piperidine rings is 1. The summed E-state index contributed by atoms with van der Waals surface area (Å²) >= 11 is 0. The molecule has 40 heavy (non-hydrogen) atoms. The Morgan fingerprint density at radius 3 is 2.20 bits per heavy atom. The van der Waals surface area contributed by atoms with E-state index < -0.39 is 0 Å². The number of rotatable bonds is 20. The van der Waals surface area contributed by atoms with Crippen LogP contribution in [-0.2, 0) is 33.3 Å². The molecule has 8 nitrogen and oxygen atoms in total. The Morgan fingerprint density at radius 2 is 1.62 bits per heavy atom. The first-order valence-corrected chi connectivity index (χ1v) is 15.5. The topological polar surface area (TPSA) is 91.4 Å². The molecule has 8 heteroatoms. The SMILES string of the molecule is CCCC(=O)O[C@H](CCC(C)[C@H](C[C@@H](CCC)OC(=O)CC)OC)[C@H](C)[C@H](OC)[C@H](C)/C=C/N1CCCCC1=O. The first-order chi connectivity index (χ1) is 19.1. The Balaban J connectivity index is 2.95. The second kappa shape index (κ2) is 20.0. The average Bonchev–Trinajstić information content (AvgIpc) is 2.93. The summed E-state index contributed by atoms with van der Waals surface area (Å²) in [6.07, 6.45) is 11.0.